The van der Waals surface area contributed by atoms with Crippen molar-refractivity contribution in [2.45, 2.75) is 6.42 Å². The molecule has 0 fully saturated rings. The van der Waals surface area contributed by atoms with E-state index in [9.17, 15) is 4.79 Å². The van der Waals surface area contributed by atoms with E-state index in [1.54, 1.807) is 18.3 Å². The van der Waals surface area contributed by atoms with E-state index < -0.39 is 5.97 Å². The van der Waals surface area contributed by atoms with Crippen molar-refractivity contribution < 1.29 is 9.90 Å². The molecule has 0 saturated heterocycles. The SMILES string of the molecule is O=C(O)c1ccc2c3c(ncc2c1)-c1ccccc1C3. The first kappa shape index (κ1) is 11.2. The molecule has 0 aliphatic heterocycles. The van der Waals surface area contributed by atoms with Crippen LogP contribution in [0.4, 0.5) is 0 Å². The van der Waals surface area contributed by atoms with Gasteiger partial charge in [0.05, 0.1) is 11.3 Å². The molecule has 20 heavy (non-hydrogen) atoms. The number of carbonyl (C=O) groups is 1. The zero-order valence-electron chi connectivity index (χ0n) is 10.6. The molecule has 0 atom stereocenters. The van der Waals surface area contributed by atoms with Crippen LogP contribution in [-0.2, 0) is 6.42 Å². The number of fused-ring (bicyclic) bond motifs is 5. The zero-order chi connectivity index (χ0) is 13.7. The van der Waals surface area contributed by atoms with Crippen LogP contribution in [0.15, 0.2) is 48.7 Å². The van der Waals surface area contributed by atoms with E-state index in [4.69, 9.17) is 5.11 Å². The fraction of sp³-hybridized carbons (Fsp3) is 0.0588. The second kappa shape index (κ2) is 3.90. The number of hydrogen-bond acceptors (Lipinski definition) is 2. The molecule has 0 unspecified atom stereocenters. The minimum Gasteiger partial charge on any atom is -0.478 e. The maximum Gasteiger partial charge on any atom is 0.335 e. The van der Waals surface area contributed by atoms with Crippen molar-refractivity contribution in [3.63, 3.8) is 0 Å². The number of carboxylic acids is 1. The molecular formula is C17H11NO2. The molecule has 0 amide bonds. The first-order chi connectivity index (χ1) is 9.74. The maximum absolute atomic E-state index is 11.0. The lowest BCUT2D eigenvalue weighted by molar-refractivity contribution is 0.0697. The lowest BCUT2D eigenvalue weighted by Crippen LogP contribution is -1.96. The maximum atomic E-state index is 11.0. The van der Waals surface area contributed by atoms with Gasteiger partial charge in [0.25, 0.3) is 0 Å². The van der Waals surface area contributed by atoms with E-state index in [1.807, 2.05) is 18.2 Å². The molecular weight excluding hydrogens is 250 g/mol. The summed E-state index contributed by atoms with van der Waals surface area (Å²) in [7, 11) is 0. The highest BCUT2D eigenvalue weighted by atomic mass is 16.4. The van der Waals surface area contributed by atoms with Crippen molar-refractivity contribution in [1.29, 1.82) is 0 Å². The molecule has 1 aliphatic rings. The smallest absolute Gasteiger partial charge is 0.335 e. The Kier molecular flexibility index (Phi) is 2.18. The quantitative estimate of drug-likeness (QED) is 0.570. The molecule has 0 radical (unpaired) electrons. The number of carboxylic acid groups (broad SMARTS) is 1. The Balaban J connectivity index is 1.99. The number of benzene rings is 2. The number of aromatic nitrogens is 1. The normalized spacial score (nSPS) is 12.2. The summed E-state index contributed by atoms with van der Waals surface area (Å²) >= 11 is 0. The average molecular weight is 261 g/mol. The number of aromatic carboxylic acids is 1. The summed E-state index contributed by atoms with van der Waals surface area (Å²) in [4.78, 5) is 15.6. The molecule has 3 aromatic rings. The Morgan fingerprint density at radius 3 is 2.85 bits per heavy atom. The standard InChI is InChI=1S/C17H11NO2/c19-17(20)11-5-6-13-12(7-11)9-18-16-14-4-2-1-3-10(14)8-15(13)16/h1-7,9H,8H2,(H,19,20). The molecule has 1 aromatic heterocycles. The molecule has 3 heteroatoms. The number of pyridine rings is 1. The highest BCUT2D eigenvalue weighted by Gasteiger charge is 2.21. The van der Waals surface area contributed by atoms with Crippen LogP contribution in [0.2, 0.25) is 0 Å². The summed E-state index contributed by atoms with van der Waals surface area (Å²) in [5, 5.41) is 11.0. The molecule has 1 heterocycles. The lowest BCUT2D eigenvalue weighted by Gasteiger charge is -2.05. The van der Waals surface area contributed by atoms with Gasteiger partial charge in [0.15, 0.2) is 0 Å². The van der Waals surface area contributed by atoms with Crippen molar-refractivity contribution in [2.24, 2.45) is 0 Å². The van der Waals surface area contributed by atoms with Gasteiger partial charge in [0, 0.05) is 23.6 Å². The zero-order valence-corrected chi connectivity index (χ0v) is 10.6. The fourth-order valence-corrected chi connectivity index (χ4v) is 2.92. The van der Waals surface area contributed by atoms with Crippen molar-refractivity contribution >= 4 is 16.7 Å². The van der Waals surface area contributed by atoms with E-state index in [2.05, 4.69) is 17.1 Å². The average Bonchev–Trinajstić information content (AvgIpc) is 2.85. The first-order valence-corrected chi connectivity index (χ1v) is 6.47. The minimum atomic E-state index is -0.907. The summed E-state index contributed by atoms with van der Waals surface area (Å²) < 4.78 is 0. The lowest BCUT2D eigenvalue weighted by atomic mass is 10.0. The molecule has 2 aromatic carbocycles. The predicted molar refractivity (Wildman–Crippen MR) is 76.9 cm³/mol. The van der Waals surface area contributed by atoms with E-state index in [-0.39, 0.29) is 0 Å². The van der Waals surface area contributed by atoms with Gasteiger partial charge in [0.2, 0.25) is 0 Å². The first-order valence-electron chi connectivity index (χ1n) is 6.47. The van der Waals surface area contributed by atoms with Crippen LogP contribution < -0.4 is 0 Å². The summed E-state index contributed by atoms with van der Waals surface area (Å²) in [6.45, 7) is 0. The predicted octanol–water partition coefficient (Wildman–Crippen LogP) is 3.50. The molecule has 3 nitrogen and oxygen atoms in total. The van der Waals surface area contributed by atoms with Crippen LogP contribution in [0.1, 0.15) is 21.5 Å². The number of hydrogen-bond donors (Lipinski definition) is 1. The Hall–Kier alpha value is -2.68. The van der Waals surface area contributed by atoms with E-state index in [0.717, 1.165) is 22.9 Å². The van der Waals surface area contributed by atoms with Crippen molar-refractivity contribution in [2.75, 3.05) is 0 Å². The van der Waals surface area contributed by atoms with Crippen LogP contribution in [0.3, 0.4) is 0 Å². The van der Waals surface area contributed by atoms with Crippen LogP contribution in [0.25, 0.3) is 22.0 Å². The Labute approximate surface area is 115 Å². The minimum absolute atomic E-state index is 0.301. The highest BCUT2D eigenvalue weighted by molar-refractivity contribution is 5.98. The summed E-state index contributed by atoms with van der Waals surface area (Å²) in [6, 6.07) is 13.5. The number of nitrogens with zero attached hydrogens (tertiary/aromatic N) is 1. The molecule has 0 saturated carbocycles. The van der Waals surface area contributed by atoms with Crippen LogP contribution in [0, 0.1) is 0 Å². The largest absolute Gasteiger partial charge is 0.478 e. The Bertz CT molecular complexity index is 868. The second-order valence-electron chi connectivity index (χ2n) is 5.03. The summed E-state index contributed by atoms with van der Waals surface area (Å²) in [6.07, 6.45) is 2.63. The molecule has 96 valence electrons. The van der Waals surface area contributed by atoms with Crippen LogP contribution in [0.5, 0.6) is 0 Å². The highest BCUT2D eigenvalue weighted by Crippen LogP contribution is 2.38. The molecule has 4 rings (SSSR count). The summed E-state index contributed by atoms with van der Waals surface area (Å²) in [5.74, 6) is -0.907. The van der Waals surface area contributed by atoms with Gasteiger partial charge in [-0.25, -0.2) is 4.79 Å². The van der Waals surface area contributed by atoms with Gasteiger partial charge in [-0.3, -0.25) is 4.98 Å². The second-order valence-corrected chi connectivity index (χ2v) is 5.03. The number of rotatable bonds is 1. The third-order valence-electron chi connectivity index (χ3n) is 3.88. The van der Waals surface area contributed by atoms with Crippen LogP contribution in [-0.4, -0.2) is 16.1 Å². The van der Waals surface area contributed by atoms with Crippen LogP contribution >= 0.6 is 0 Å². The van der Waals surface area contributed by atoms with E-state index >= 15 is 0 Å². The van der Waals surface area contributed by atoms with E-state index in [0.29, 0.717) is 5.56 Å². The van der Waals surface area contributed by atoms with Crippen molar-refractivity contribution in [3.8, 4) is 11.3 Å². The third-order valence-corrected chi connectivity index (χ3v) is 3.88. The Morgan fingerprint density at radius 2 is 2.00 bits per heavy atom. The van der Waals surface area contributed by atoms with Crippen molar-refractivity contribution in [3.05, 3.63) is 65.4 Å². The van der Waals surface area contributed by atoms with Gasteiger partial charge in [0.1, 0.15) is 0 Å². The topological polar surface area (TPSA) is 50.2 Å². The third kappa shape index (κ3) is 1.46. The monoisotopic (exact) mass is 261 g/mol. The fourth-order valence-electron chi connectivity index (χ4n) is 2.92. The Morgan fingerprint density at radius 1 is 1.15 bits per heavy atom. The van der Waals surface area contributed by atoms with Gasteiger partial charge < -0.3 is 5.11 Å². The van der Waals surface area contributed by atoms with Gasteiger partial charge in [-0.1, -0.05) is 30.3 Å². The van der Waals surface area contributed by atoms with Gasteiger partial charge >= 0.3 is 5.97 Å². The van der Waals surface area contributed by atoms with Gasteiger partial charge in [-0.05, 0) is 28.6 Å². The molecule has 1 N–H and O–H groups in total. The van der Waals surface area contributed by atoms with Crippen molar-refractivity contribution in [1.82, 2.24) is 4.98 Å². The van der Waals surface area contributed by atoms with Gasteiger partial charge in [-0.2, -0.15) is 0 Å². The van der Waals surface area contributed by atoms with Gasteiger partial charge in [-0.15, -0.1) is 0 Å². The summed E-state index contributed by atoms with van der Waals surface area (Å²) in [5.41, 5.74) is 4.99. The molecule has 0 spiro atoms. The molecule has 0 bridgehead atoms. The molecule has 1 aliphatic carbocycles. The van der Waals surface area contributed by atoms with E-state index in [1.165, 1.54) is 16.7 Å².